The second-order valence-corrected chi connectivity index (χ2v) is 11.7. The Morgan fingerprint density at radius 2 is 1.67 bits per heavy atom. The van der Waals surface area contributed by atoms with Crippen molar-refractivity contribution in [3.8, 4) is 16.2 Å². The summed E-state index contributed by atoms with van der Waals surface area (Å²) in [5.41, 5.74) is 1.96. The van der Waals surface area contributed by atoms with Crippen LogP contribution in [0.25, 0.3) is 26.0 Å². The van der Waals surface area contributed by atoms with E-state index in [-0.39, 0.29) is 11.4 Å². The van der Waals surface area contributed by atoms with Crippen molar-refractivity contribution in [3.05, 3.63) is 99.5 Å². The van der Waals surface area contributed by atoms with Crippen molar-refractivity contribution < 1.29 is 24.2 Å². The molecule has 0 aliphatic rings. The highest BCUT2D eigenvalue weighted by molar-refractivity contribution is 7.21. The molecule has 43 heavy (non-hydrogen) atoms. The van der Waals surface area contributed by atoms with E-state index in [4.69, 9.17) is 9.47 Å². The molecule has 2 N–H and O–H groups in total. The van der Waals surface area contributed by atoms with Crippen molar-refractivity contribution >= 4 is 44.7 Å². The number of hydrogen-bond acceptors (Lipinski definition) is 7. The number of carbonyl (C=O) groups excluding carboxylic acids is 2. The first-order valence-electron chi connectivity index (χ1n) is 14.0. The lowest BCUT2D eigenvalue weighted by Crippen LogP contribution is -2.28. The molecule has 0 saturated carbocycles. The average Bonchev–Trinajstić information content (AvgIpc) is 3.38. The summed E-state index contributed by atoms with van der Waals surface area (Å²) in [6.07, 6.45) is -0.343. The first-order valence-corrected chi connectivity index (χ1v) is 14.8. The van der Waals surface area contributed by atoms with Crippen LogP contribution >= 0.6 is 11.3 Å². The molecule has 0 fully saturated rings. The number of aromatic hydroxyl groups is 1. The maximum Gasteiger partial charge on any atom is 0.412 e. The number of amides is 1. The van der Waals surface area contributed by atoms with Gasteiger partial charge in [-0.2, -0.15) is 0 Å². The minimum Gasteiger partial charge on any atom is -0.508 e. The van der Waals surface area contributed by atoms with Gasteiger partial charge in [-0.05, 0) is 78.9 Å². The van der Waals surface area contributed by atoms with Gasteiger partial charge in [-0.15, -0.1) is 11.3 Å². The number of benzene rings is 3. The molecule has 0 spiro atoms. The molecule has 9 heteroatoms. The fraction of sp³-hybridized carbons (Fsp3) is 0.265. The van der Waals surface area contributed by atoms with Gasteiger partial charge in [0.05, 0.1) is 17.7 Å². The van der Waals surface area contributed by atoms with E-state index in [0.717, 1.165) is 16.3 Å². The largest absolute Gasteiger partial charge is 0.508 e. The first kappa shape index (κ1) is 31.3. The second kappa shape index (κ2) is 12.7. The van der Waals surface area contributed by atoms with E-state index in [1.165, 1.54) is 35.0 Å². The standard InChI is InChI=1S/C32H30N2O6S.C2H6/c1-18-15-21(13-14-24(18)35)28-27(30(37)39-5)34-25(36)17-22(16-20-11-8-10-19-9-6-7-12-23(19)20)26(29(34)41-28)33-31(38)40-32(2,3)4;1-2/h6-15,17,35H,16H2,1-5H3,(H,33,38);1-2H3. The SMILES string of the molecule is CC.COC(=O)c1c(-c2ccc(O)c(C)c2)sc2c(NC(=O)OC(C)(C)C)c(Cc3cccc4ccccc34)cc(=O)n12. The molecule has 0 aliphatic heterocycles. The van der Waals surface area contributed by atoms with Crippen molar-refractivity contribution in [3.63, 3.8) is 0 Å². The van der Waals surface area contributed by atoms with Crippen molar-refractivity contribution in [2.75, 3.05) is 12.4 Å². The highest BCUT2D eigenvalue weighted by Gasteiger charge is 2.27. The highest BCUT2D eigenvalue weighted by Crippen LogP contribution is 2.39. The third-order valence-electron chi connectivity index (χ3n) is 6.62. The van der Waals surface area contributed by atoms with Gasteiger partial charge in [-0.3, -0.25) is 14.5 Å². The fourth-order valence-electron chi connectivity index (χ4n) is 4.79. The Bertz CT molecular complexity index is 1880. The minimum absolute atomic E-state index is 0.0338. The quantitative estimate of drug-likeness (QED) is 0.198. The van der Waals surface area contributed by atoms with Crippen molar-refractivity contribution in [1.82, 2.24) is 4.40 Å². The van der Waals surface area contributed by atoms with Crippen LogP contribution in [0.15, 0.2) is 71.5 Å². The number of aromatic nitrogens is 1. The summed E-state index contributed by atoms with van der Waals surface area (Å²) in [7, 11) is 1.25. The summed E-state index contributed by atoms with van der Waals surface area (Å²) in [5, 5.41) is 15.0. The number of carbonyl (C=O) groups is 2. The number of anilines is 1. The Morgan fingerprint density at radius 1 is 0.977 bits per heavy atom. The van der Waals surface area contributed by atoms with E-state index in [2.05, 4.69) is 5.32 Å². The van der Waals surface area contributed by atoms with Gasteiger partial charge >= 0.3 is 12.1 Å². The van der Waals surface area contributed by atoms with E-state index in [1.807, 2.05) is 56.3 Å². The average molecular weight is 601 g/mol. The summed E-state index contributed by atoms with van der Waals surface area (Å²) >= 11 is 1.17. The van der Waals surface area contributed by atoms with Crippen molar-refractivity contribution in [2.45, 2.75) is 53.6 Å². The first-order chi connectivity index (χ1) is 20.5. The van der Waals surface area contributed by atoms with Crippen molar-refractivity contribution in [2.24, 2.45) is 0 Å². The van der Waals surface area contributed by atoms with Crippen LogP contribution in [0.1, 0.15) is 61.8 Å². The monoisotopic (exact) mass is 600 g/mol. The number of pyridine rings is 1. The van der Waals surface area contributed by atoms with Crippen LogP contribution in [-0.2, 0) is 15.9 Å². The summed E-state index contributed by atoms with van der Waals surface area (Å²) in [5.74, 6) is -0.597. The molecule has 1 amide bonds. The molecule has 0 atom stereocenters. The molecule has 3 aromatic carbocycles. The van der Waals surface area contributed by atoms with Crippen LogP contribution in [0.2, 0.25) is 0 Å². The smallest absolute Gasteiger partial charge is 0.412 e. The van der Waals surface area contributed by atoms with E-state index >= 15 is 0 Å². The maximum absolute atomic E-state index is 13.7. The number of esters is 1. The molecular formula is C34H36N2O6S. The van der Waals surface area contributed by atoms with E-state index < -0.39 is 23.2 Å². The molecule has 0 radical (unpaired) electrons. The molecule has 5 aromatic rings. The Hall–Kier alpha value is -4.63. The third-order valence-corrected chi connectivity index (χ3v) is 7.83. The van der Waals surface area contributed by atoms with Gasteiger partial charge in [0.1, 0.15) is 16.2 Å². The Morgan fingerprint density at radius 3 is 2.35 bits per heavy atom. The lowest BCUT2D eigenvalue weighted by Gasteiger charge is -2.21. The molecule has 8 nitrogen and oxygen atoms in total. The lowest BCUT2D eigenvalue weighted by atomic mass is 9.98. The van der Waals surface area contributed by atoms with Crippen LogP contribution < -0.4 is 10.9 Å². The zero-order valence-corrected chi connectivity index (χ0v) is 26.2. The van der Waals surface area contributed by atoms with Gasteiger partial charge in [0.25, 0.3) is 5.56 Å². The summed E-state index contributed by atoms with van der Waals surface area (Å²) in [6, 6.07) is 20.3. The molecule has 5 rings (SSSR count). The van der Waals surface area contributed by atoms with Crippen molar-refractivity contribution in [1.29, 1.82) is 0 Å². The number of nitrogens with zero attached hydrogens (tertiary/aromatic N) is 1. The Kier molecular flexibility index (Phi) is 9.25. The third kappa shape index (κ3) is 6.57. The number of phenolic OH excluding ortho intramolecular Hbond substituents is 1. The number of rotatable bonds is 5. The van der Waals surface area contributed by atoms with Gasteiger partial charge in [0, 0.05) is 12.5 Å². The van der Waals surface area contributed by atoms with Crippen LogP contribution in [0.4, 0.5) is 10.5 Å². The fourth-order valence-corrected chi connectivity index (χ4v) is 6.06. The van der Waals surface area contributed by atoms with Crippen LogP contribution in [0.5, 0.6) is 5.75 Å². The normalized spacial score (nSPS) is 11.1. The minimum atomic E-state index is -0.758. The number of aryl methyl sites for hydroxylation is 1. The predicted molar refractivity (Wildman–Crippen MR) is 173 cm³/mol. The van der Waals surface area contributed by atoms with E-state index in [1.54, 1.807) is 39.8 Å². The van der Waals surface area contributed by atoms with E-state index in [9.17, 15) is 19.5 Å². The molecule has 0 aliphatic carbocycles. The van der Waals surface area contributed by atoms with Crippen LogP contribution in [0.3, 0.4) is 0 Å². The lowest BCUT2D eigenvalue weighted by molar-refractivity contribution is 0.0592. The van der Waals surface area contributed by atoms with Gasteiger partial charge in [-0.25, -0.2) is 9.59 Å². The Balaban J connectivity index is 0.00000207. The molecule has 2 aromatic heterocycles. The topological polar surface area (TPSA) is 106 Å². The highest BCUT2D eigenvalue weighted by atomic mass is 32.1. The van der Waals surface area contributed by atoms with Gasteiger partial charge in [0.2, 0.25) is 0 Å². The Labute approximate surface area is 254 Å². The number of methoxy groups -OCH3 is 1. The van der Waals surface area contributed by atoms with Gasteiger partial charge in [-0.1, -0.05) is 56.3 Å². The second-order valence-electron chi connectivity index (χ2n) is 10.7. The summed E-state index contributed by atoms with van der Waals surface area (Å²) in [4.78, 5) is 40.7. The molecule has 2 heterocycles. The van der Waals surface area contributed by atoms with E-state index in [0.29, 0.717) is 38.5 Å². The van der Waals surface area contributed by atoms with Gasteiger partial charge < -0.3 is 14.6 Å². The number of phenols is 1. The zero-order valence-electron chi connectivity index (χ0n) is 25.4. The number of fused-ring (bicyclic) bond motifs is 2. The maximum atomic E-state index is 13.7. The number of thiazole rings is 1. The van der Waals surface area contributed by atoms with Gasteiger partial charge in [0.15, 0.2) is 5.69 Å². The molecule has 224 valence electrons. The molecule has 0 saturated heterocycles. The molecule has 0 bridgehead atoms. The number of nitrogens with one attached hydrogen (secondary N) is 1. The predicted octanol–water partition coefficient (Wildman–Crippen LogP) is 7.95. The van der Waals surface area contributed by atoms with Crippen LogP contribution in [0, 0.1) is 6.92 Å². The molecular weight excluding hydrogens is 564 g/mol. The summed E-state index contributed by atoms with van der Waals surface area (Å²) in [6.45, 7) is 11.0. The zero-order chi connectivity index (χ0) is 31.5. The number of hydrogen-bond donors (Lipinski definition) is 2. The summed E-state index contributed by atoms with van der Waals surface area (Å²) < 4.78 is 11.9. The van der Waals surface area contributed by atoms with Crippen LogP contribution in [-0.4, -0.2) is 34.3 Å². The number of ether oxygens (including phenoxy) is 2. The molecule has 0 unspecified atom stereocenters.